The number of sulfonamides is 1. The van der Waals surface area contributed by atoms with Gasteiger partial charge >= 0.3 is 0 Å². The zero-order chi connectivity index (χ0) is 13.0. The molecule has 7 heteroatoms. The van der Waals surface area contributed by atoms with Crippen molar-refractivity contribution in [2.75, 3.05) is 13.2 Å². The lowest BCUT2D eigenvalue weighted by Gasteiger charge is -2.09. The molecule has 0 aliphatic carbocycles. The normalized spacial score (nSPS) is 20.4. The van der Waals surface area contributed by atoms with E-state index in [0.717, 1.165) is 19.4 Å². The highest BCUT2D eigenvalue weighted by Crippen LogP contribution is 2.15. The highest BCUT2D eigenvalue weighted by atomic mass is 32.2. The van der Waals surface area contributed by atoms with Gasteiger partial charge < -0.3 is 15.5 Å². The Labute approximate surface area is 107 Å². The lowest BCUT2D eigenvalue weighted by molar-refractivity contribution is 0.105. The summed E-state index contributed by atoms with van der Waals surface area (Å²) in [7, 11) is -3.43. The first-order chi connectivity index (χ1) is 8.62. The molecule has 18 heavy (non-hydrogen) atoms. The van der Waals surface area contributed by atoms with E-state index in [1.807, 2.05) is 0 Å². The third-order valence-corrected chi connectivity index (χ3v) is 4.47. The zero-order valence-corrected chi connectivity index (χ0v) is 11.0. The number of hydrogen-bond acceptors (Lipinski definition) is 4. The fourth-order valence-corrected chi connectivity index (χ4v) is 3.07. The first kappa shape index (κ1) is 13.5. The van der Waals surface area contributed by atoms with Crippen molar-refractivity contribution in [2.24, 2.45) is 5.73 Å². The second-order valence-electron chi connectivity index (χ2n) is 4.39. The molecular formula is C11H19N3O3S. The highest BCUT2D eigenvalue weighted by molar-refractivity contribution is 7.89. The van der Waals surface area contributed by atoms with Gasteiger partial charge in [-0.05, 0) is 25.3 Å². The smallest absolute Gasteiger partial charge is 0.242 e. The average molecular weight is 273 g/mol. The number of H-pyrrole nitrogens is 1. The second-order valence-corrected chi connectivity index (χ2v) is 6.15. The van der Waals surface area contributed by atoms with Gasteiger partial charge in [0, 0.05) is 31.6 Å². The molecule has 1 aromatic heterocycles. The summed E-state index contributed by atoms with van der Waals surface area (Å²) in [5, 5.41) is 0. The lowest BCUT2D eigenvalue weighted by Crippen LogP contribution is -2.27. The van der Waals surface area contributed by atoms with Crippen LogP contribution in [-0.2, 0) is 21.3 Å². The lowest BCUT2D eigenvalue weighted by atomic mass is 10.2. The molecular weight excluding hydrogens is 254 g/mol. The molecule has 102 valence electrons. The summed E-state index contributed by atoms with van der Waals surface area (Å²) in [6.45, 7) is 1.48. The van der Waals surface area contributed by atoms with Gasteiger partial charge in [-0.2, -0.15) is 0 Å². The molecule has 1 aromatic rings. The maximum absolute atomic E-state index is 11.9. The van der Waals surface area contributed by atoms with Gasteiger partial charge in [0.05, 0.1) is 11.0 Å². The van der Waals surface area contributed by atoms with Crippen LogP contribution in [0.4, 0.5) is 0 Å². The first-order valence-corrected chi connectivity index (χ1v) is 7.59. The quantitative estimate of drug-likeness (QED) is 0.695. The summed E-state index contributed by atoms with van der Waals surface area (Å²) in [6.07, 6.45) is 4.45. The van der Waals surface area contributed by atoms with Crippen molar-refractivity contribution in [2.45, 2.75) is 36.8 Å². The number of rotatable bonds is 6. The molecule has 1 atom stereocenters. The molecule has 0 saturated carbocycles. The van der Waals surface area contributed by atoms with E-state index in [4.69, 9.17) is 10.5 Å². The molecule has 1 fully saturated rings. The molecule has 0 aromatic carbocycles. The molecule has 2 rings (SSSR count). The molecule has 4 N–H and O–H groups in total. The summed E-state index contributed by atoms with van der Waals surface area (Å²) in [6, 6.07) is 1.55. The summed E-state index contributed by atoms with van der Waals surface area (Å²) < 4.78 is 31.9. The number of ether oxygens (including phenoxy) is 1. The molecule has 0 bridgehead atoms. The van der Waals surface area contributed by atoms with E-state index in [0.29, 0.717) is 25.2 Å². The summed E-state index contributed by atoms with van der Waals surface area (Å²) in [5.74, 6) is 0. The fourth-order valence-electron chi connectivity index (χ4n) is 2.00. The minimum Gasteiger partial charge on any atom is -0.378 e. The summed E-state index contributed by atoms with van der Waals surface area (Å²) in [4.78, 5) is 3.06. The Kier molecular flexibility index (Phi) is 4.39. The Morgan fingerprint density at radius 3 is 3.00 bits per heavy atom. The topological polar surface area (TPSA) is 97.2 Å². The van der Waals surface area contributed by atoms with Crippen molar-refractivity contribution in [3.63, 3.8) is 0 Å². The Morgan fingerprint density at radius 1 is 1.56 bits per heavy atom. The maximum Gasteiger partial charge on any atom is 0.242 e. The largest absolute Gasteiger partial charge is 0.378 e. The standard InChI is InChI=1S/C11H19N3O3S/c12-7-9-6-11(8-13-9)18(15,16)14-4-3-10-2-1-5-17-10/h6,8,10,13-14H,1-5,7,12H2. The third-order valence-electron chi connectivity index (χ3n) is 3.03. The van der Waals surface area contributed by atoms with Crippen LogP contribution in [0.15, 0.2) is 17.2 Å². The van der Waals surface area contributed by atoms with E-state index in [1.165, 1.54) is 6.20 Å². The molecule has 0 radical (unpaired) electrons. The fraction of sp³-hybridized carbons (Fsp3) is 0.636. The van der Waals surface area contributed by atoms with Crippen LogP contribution in [0, 0.1) is 0 Å². The van der Waals surface area contributed by atoms with Gasteiger partial charge in [0.15, 0.2) is 0 Å². The second kappa shape index (κ2) is 5.83. The van der Waals surface area contributed by atoms with Gasteiger partial charge in [-0.3, -0.25) is 0 Å². The molecule has 0 spiro atoms. The van der Waals surface area contributed by atoms with Crippen molar-refractivity contribution in [3.05, 3.63) is 18.0 Å². The predicted molar refractivity (Wildman–Crippen MR) is 67.5 cm³/mol. The monoisotopic (exact) mass is 273 g/mol. The molecule has 0 amide bonds. The van der Waals surface area contributed by atoms with Crippen molar-refractivity contribution < 1.29 is 13.2 Å². The van der Waals surface area contributed by atoms with E-state index in [1.54, 1.807) is 6.07 Å². The van der Waals surface area contributed by atoms with Crippen LogP contribution in [0.3, 0.4) is 0 Å². The number of nitrogens with two attached hydrogens (primary N) is 1. The van der Waals surface area contributed by atoms with E-state index in [9.17, 15) is 8.42 Å². The number of aromatic amines is 1. The maximum atomic E-state index is 11.9. The SMILES string of the molecule is NCc1cc(S(=O)(=O)NCCC2CCCO2)c[nH]1. The summed E-state index contributed by atoms with van der Waals surface area (Å²) in [5.41, 5.74) is 6.13. The summed E-state index contributed by atoms with van der Waals surface area (Å²) >= 11 is 0. The zero-order valence-electron chi connectivity index (χ0n) is 10.2. The van der Waals surface area contributed by atoms with Crippen LogP contribution >= 0.6 is 0 Å². The number of aromatic nitrogens is 1. The van der Waals surface area contributed by atoms with Crippen LogP contribution < -0.4 is 10.5 Å². The minimum absolute atomic E-state index is 0.193. The molecule has 1 aliphatic heterocycles. The van der Waals surface area contributed by atoms with E-state index >= 15 is 0 Å². The van der Waals surface area contributed by atoms with Gasteiger partial charge in [0.25, 0.3) is 0 Å². The molecule has 1 saturated heterocycles. The van der Waals surface area contributed by atoms with Crippen molar-refractivity contribution in [3.8, 4) is 0 Å². The molecule has 1 aliphatic rings. The van der Waals surface area contributed by atoms with Crippen LogP contribution in [-0.4, -0.2) is 32.7 Å². The molecule has 2 heterocycles. The van der Waals surface area contributed by atoms with Crippen molar-refractivity contribution in [1.82, 2.24) is 9.71 Å². The first-order valence-electron chi connectivity index (χ1n) is 6.10. The van der Waals surface area contributed by atoms with Crippen LogP contribution in [0.5, 0.6) is 0 Å². The van der Waals surface area contributed by atoms with Gasteiger partial charge in [0.1, 0.15) is 0 Å². The minimum atomic E-state index is -3.43. The van der Waals surface area contributed by atoms with Gasteiger partial charge in [0.2, 0.25) is 10.0 Å². The predicted octanol–water partition coefficient (Wildman–Crippen LogP) is 0.321. The Bertz CT molecular complexity index is 477. The Hall–Kier alpha value is -0.890. The van der Waals surface area contributed by atoms with Crippen LogP contribution in [0.25, 0.3) is 0 Å². The third kappa shape index (κ3) is 3.32. The molecule has 6 nitrogen and oxygen atoms in total. The van der Waals surface area contributed by atoms with E-state index < -0.39 is 10.0 Å². The van der Waals surface area contributed by atoms with Crippen LogP contribution in [0.1, 0.15) is 25.0 Å². The Balaban J connectivity index is 1.86. The number of nitrogens with one attached hydrogen (secondary N) is 2. The number of hydrogen-bond donors (Lipinski definition) is 3. The van der Waals surface area contributed by atoms with E-state index in [-0.39, 0.29) is 11.0 Å². The van der Waals surface area contributed by atoms with Gasteiger partial charge in [-0.1, -0.05) is 0 Å². The average Bonchev–Trinajstić information content (AvgIpc) is 2.99. The molecule has 1 unspecified atom stereocenters. The van der Waals surface area contributed by atoms with Gasteiger partial charge in [-0.25, -0.2) is 13.1 Å². The van der Waals surface area contributed by atoms with Crippen LogP contribution in [0.2, 0.25) is 0 Å². The van der Waals surface area contributed by atoms with E-state index in [2.05, 4.69) is 9.71 Å². The van der Waals surface area contributed by atoms with Gasteiger partial charge in [-0.15, -0.1) is 0 Å². The highest BCUT2D eigenvalue weighted by Gasteiger charge is 2.18. The van der Waals surface area contributed by atoms with Crippen molar-refractivity contribution in [1.29, 1.82) is 0 Å². The van der Waals surface area contributed by atoms with Crippen molar-refractivity contribution >= 4 is 10.0 Å². The Morgan fingerprint density at radius 2 is 2.39 bits per heavy atom.